The van der Waals surface area contributed by atoms with Gasteiger partial charge in [-0.2, -0.15) is 0 Å². The molecule has 0 radical (unpaired) electrons. The zero-order chi connectivity index (χ0) is 17.1. The van der Waals surface area contributed by atoms with Crippen molar-refractivity contribution < 1.29 is 18.7 Å². The molecule has 6 nitrogen and oxygen atoms in total. The van der Waals surface area contributed by atoms with E-state index in [0.29, 0.717) is 23.8 Å². The number of anilines is 1. The number of hydrogen-bond donors (Lipinski definition) is 1. The van der Waals surface area contributed by atoms with Crippen molar-refractivity contribution in [3.05, 3.63) is 42.0 Å². The number of hydrogen-bond acceptors (Lipinski definition) is 5. The van der Waals surface area contributed by atoms with E-state index >= 15 is 0 Å². The van der Waals surface area contributed by atoms with Gasteiger partial charge in [0.2, 0.25) is 5.91 Å². The third-order valence-electron chi connectivity index (χ3n) is 3.74. The normalized spacial score (nSPS) is 17.8. The van der Waals surface area contributed by atoms with Crippen LogP contribution in [0, 0.1) is 5.82 Å². The monoisotopic (exact) mass is 349 g/mol. The molecule has 8 heteroatoms. The second-order valence-corrected chi connectivity index (χ2v) is 6.48. The summed E-state index contributed by atoms with van der Waals surface area (Å²) in [6.45, 7) is 0.488. The number of imidazole rings is 1. The maximum absolute atomic E-state index is 14.0. The number of carbonyl (C=O) groups excluding carboxylic acids is 2. The molecule has 1 saturated heterocycles. The largest absolute Gasteiger partial charge is 0.464 e. The summed E-state index contributed by atoms with van der Waals surface area (Å²) in [7, 11) is 1.28. The number of H-pyrrole nitrogens is 1. The molecule has 3 rings (SSSR count). The van der Waals surface area contributed by atoms with E-state index in [1.165, 1.54) is 36.0 Å². The highest BCUT2D eigenvalue weighted by Crippen LogP contribution is 2.32. The molecular formula is C16H16FN3O3S. The van der Waals surface area contributed by atoms with Gasteiger partial charge < -0.3 is 14.6 Å². The highest BCUT2D eigenvalue weighted by Gasteiger charge is 2.32. The van der Waals surface area contributed by atoms with Crippen molar-refractivity contribution in [2.75, 3.05) is 18.6 Å². The third-order valence-corrected chi connectivity index (χ3v) is 4.90. The van der Waals surface area contributed by atoms with Gasteiger partial charge in [0.1, 0.15) is 11.5 Å². The molecule has 1 amide bonds. The van der Waals surface area contributed by atoms with Crippen LogP contribution in [0.1, 0.15) is 23.3 Å². The Bertz CT molecular complexity index is 765. The fourth-order valence-corrected chi connectivity index (χ4v) is 3.64. The summed E-state index contributed by atoms with van der Waals surface area (Å²) < 4.78 is 18.6. The number of aromatic nitrogens is 2. The number of halogens is 1. The first kappa shape index (κ1) is 16.5. The molecule has 1 N–H and O–H groups in total. The Morgan fingerprint density at radius 2 is 2.25 bits per heavy atom. The molecular weight excluding hydrogens is 333 g/mol. The first-order valence-corrected chi connectivity index (χ1v) is 8.34. The van der Waals surface area contributed by atoms with Crippen molar-refractivity contribution in [1.82, 2.24) is 9.97 Å². The molecule has 1 atom stereocenters. The SMILES string of the molecule is COC(=O)c1cnc(SC2CCCN(c3ccccc3F)C2=O)[nH]1. The van der Waals surface area contributed by atoms with Crippen LogP contribution in [0.15, 0.2) is 35.6 Å². The Balaban J connectivity index is 1.75. The highest BCUT2D eigenvalue weighted by atomic mass is 32.2. The lowest BCUT2D eigenvalue weighted by Crippen LogP contribution is -2.43. The molecule has 2 aromatic rings. The number of nitrogens with one attached hydrogen (secondary N) is 1. The number of benzene rings is 1. The lowest BCUT2D eigenvalue weighted by Gasteiger charge is -2.31. The van der Waals surface area contributed by atoms with E-state index in [-0.39, 0.29) is 16.9 Å². The summed E-state index contributed by atoms with van der Waals surface area (Å²) in [6.07, 6.45) is 2.81. The minimum absolute atomic E-state index is 0.160. The number of piperidine rings is 1. The minimum atomic E-state index is -0.516. The molecule has 24 heavy (non-hydrogen) atoms. The van der Waals surface area contributed by atoms with Crippen LogP contribution >= 0.6 is 11.8 Å². The van der Waals surface area contributed by atoms with E-state index in [1.807, 2.05) is 0 Å². The average Bonchev–Trinajstić information content (AvgIpc) is 3.05. The van der Waals surface area contributed by atoms with Crippen LogP contribution in [0.4, 0.5) is 10.1 Å². The number of carbonyl (C=O) groups is 2. The average molecular weight is 349 g/mol. The molecule has 1 aliphatic rings. The van der Waals surface area contributed by atoms with Gasteiger partial charge in [-0.25, -0.2) is 14.2 Å². The van der Waals surface area contributed by atoms with Gasteiger partial charge in [0, 0.05) is 6.54 Å². The number of aromatic amines is 1. The molecule has 1 aromatic carbocycles. The van der Waals surface area contributed by atoms with Gasteiger partial charge in [0.15, 0.2) is 5.16 Å². The van der Waals surface area contributed by atoms with E-state index in [0.717, 1.165) is 6.42 Å². The highest BCUT2D eigenvalue weighted by molar-refractivity contribution is 8.00. The second-order valence-electron chi connectivity index (χ2n) is 5.28. The lowest BCUT2D eigenvalue weighted by atomic mass is 10.1. The van der Waals surface area contributed by atoms with Crippen LogP contribution in [0.5, 0.6) is 0 Å². The number of nitrogens with zero attached hydrogens (tertiary/aromatic N) is 2. The smallest absolute Gasteiger partial charge is 0.356 e. The maximum atomic E-state index is 14.0. The first-order chi connectivity index (χ1) is 11.6. The molecule has 0 saturated carbocycles. The molecule has 1 aliphatic heterocycles. The fraction of sp³-hybridized carbons (Fsp3) is 0.312. The van der Waals surface area contributed by atoms with Gasteiger partial charge in [-0.05, 0) is 25.0 Å². The van der Waals surface area contributed by atoms with Crippen LogP contribution in [-0.4, -0.2) is 40.7 Å². The number of ether oxygens (including phenoxy) is 1. The van der Waals surface area contributed by atoms with Crippen molar-refractivity contribution in [1.29, 1.82) is 0 Å². The topological polar surface area (TPSA) is 75.3 Å². The zero-order valence-electron chi connectivity index (χ0n) is 13.0. The van der Waals surface area contributed by atoms with Crippen LogP contribution in [0.2, 0.25) is 0 Å². The fourth-order valence-electron chi connectivity index (χ4n) is 2.57. The van der Waals surface area contributed by atoms with E-state index in [2.05, 4.69) is 14.7 Å². The van der Waals surface area contributed by atoms with Crippen molar-refractivity contribution in [2.24, 2.45) is 0 Å². The number of esters is 1. The molecule has 0 spiro atoms. The number of rotatable bonds is 4. The second kappa shape index (κ2) is 7.04. The third kappa shape index (κ3) is 3.28. The molecule has 0 bridgehead atoms. The molecule has 2 heterocycles. The summed E-state index contributed by atoms with van der Waals surface area (Å²) in [6, 6.07) is 6.24. The van der Waals surface area contributed by atoms with Crippen LogP contribution in [-0.2, 0) is 9.53 Å². The standard InChI is InChI=1S/C16H16FN3O3S/c1-23-15(22)11-9-18-16(19-11)24-13-7-4-8-20(14(13)21)12-6-3-2-5-10(12)17/h2-3,5-6,9,13H,4,7-8H2,1H3,(H,18,19). The van der Waals surface area contributed by atoms with E-state index in [4.69, 9.17) is 0 Å². The predicted octanol–water partition coefficient (Wildman–Crippen LogP) is 2.62. The van der Waals surface area contributed by atoms with Crippen molar-refractivity contribution in [3.63, 3.8) is 0 Å². The quantitative estimate of drug-likeness (QED) is 0.859. The van der Waals surface area contributed by atoms with E-state index in [9.17, 15) is 14.0 Å². The van der Waals surface area contributed by atoms with Crippen molar-refractivity contribution in [2.45, 2.75) is 23.2 Å². The Labute approximate surface area is 142 Å². The number of para-hydroxylation sites is 1. The van der Waals surface area contributed by atoms with Gasteiger partial charge in [0.25, 0.3) is 0 Å². The van der Waals surface area contributed by atoms with E-state index in [1.54, 1.807) is 18.2 Å². The van der Waals surface area contributed by atoms with Gasteiger partial charge in [-0.15, -0.1) is 0 Å². The van der Waals surface area contributed by atoms with Crippen LogP contribution in [0.3, 0.4) is 0 Å². The van der Waals surface area contributed by atoms with Gasteiger partial charge in [-0.1, -0.05) is 23.9 Å². The summed E-state index contributed by atoms with van der Waals surface area (Å²) in [4.78, 5) is 32.5. The van der Waals surface area contributed by atoms with Crippen molar-refractivity contribution >= 4 is 29.3 Å². The summed E-state index contributed by atoms with van der Waals surface area (Å²) in [5.74, 6) is -1.09. The molecule has 1 aromatic heterocycles. The molecule has 1 fully saturated rings. The summed E-state index contributed by atoms with van der Waals surface area (Å²) in [5.41, 5.74) is 0.525. The van der Waals surface area contributed by atoms with Crippen LogP contribution < -0.4 is 4.90 Å². The molecule has 1 unspecified atom stereocenters. The number of thioether (sulfide) groups is 1. The number of methoxy groups -OCH3 is 1. The van der Waals surface area contributed by atoms with Gasteiger partial charge >= 0.3 is 5.97 Å². The van der Waals surface area contributed by atoms with Gasteiger partial charge in [0.05, 0.1) is 24.2 Å². The summed E-state index contributed by atoms with van der Waals surface area (Å²) in [5, 5.41) is 0.0825. The maximum Gasteiger partial charge on any atom is 0.356 e. The molecule has 0 aliphatic carbocycles. The molecule has 126 valence electrons. The van der Waals surface area contributed by atoms with Gasteiger partial charge in [-0.3, -0.25) is 4.79 Å². The minimum Gasteiger partial charge on any atom is -0.464 e. The lowest BCUT2D eigenvalue weighted by molar-refractivity contribution is -0.119. The van der Waals surface area contributed by atoms with E-state index < -0.39 is 11.8 Å². The zero-order valence-corrected chi connectivity index (χ0v) is 13.8. The predicted molar refractivity (Wildman–Crippen MR) is 87.6 cm³/mol. The Morgan fingerprint density at radius 1 is 1.46 bits per heavy atom. The Hall–Kier alpha value is -2.35. The van der Waals surface area contributed by atoms with Crippen LogP contribution in [0.25, 0.3) is 0 Å². The summed E-state index contributed by atoms with van der Waals surface area (Å²) >= 11 is 1.24. The first-order valence-electron chi connectivity index (χ1n) is 7.46. The Morgan fingerprint density at radius 3 is 3.00 bits per heavy atom. The van der Waals surface area contributed by atoms with Crippen molar-refractivity contribution in [3.8, 4) is 0 Å². The Kier molecular flexibility index (Phi) is 4.84. The number of amides is 1.